The van der Waals surface area contributed by atoms with E-state index in [4.69, 9.17) is 5.73 Å². The fourth-order valence-electron chi connectivity index (χ4n) is 2.20. The molecule has 0 bridgehead atoms. The Morgan fingerprint density at radius 1 is 0.960 bits per heavy atom. The predicted molar refractivity (Wildman–Crippen MR) is 88.0 cm³/mol. The van der Waals surface area contributed by atoms with Crippen molar-refractivity contribution in [3.05, 3.63) is 54.2 Å². The van der Waals surface area contributed by atoms with Gasteiger partial charge in [0.1, 0.15) is 5.82 Å². The number of nitrogens with one attached hydrogen (secondary N) is 2. The van der Waals surface area contributed by atoms with Crippen molar-refractivity contribution in [2.24, 2.45) is 0 Å². The maximum Gasteiger partial charge on any atom is 0.433 e. The van der Waals surface area contributed by atoms with Gasteiger partial charge in [-0.3, -0.25) is 5.32 Å². The fourth-order valence-corrected chi connectivity index (χ4v) is 2.20. The number of halogens is 3. The molecular formula is C16H12F3N5O. The molecule has 9 heteroatoms. The first-order valence-corrected chi connectivity index (χ1v) is 7.10. The molecule has 0 unspecified atom stereocenters. The molecule has 2 aromatic carbocycles. The third-order valence-corrected chi connectivity index (χ3v) is 3.27. The monoisotopic (exact) mass is 347 g/mol. The highest BCUT2D eigenvalue weighted by atomic mass is 19.4. The predicted octanol–water partition coefficient (Wildman–Crippen LogP) is 3.87. The Kier molecular flexibility index (Phi) is 4.14. The number of fused-ring (bicyclic) bond motifs is 1. The van der Waals surface area contributed by atoms with Gasteiger partial charge in [0, 0.05) is 11.8 Å². The van der Waals surface area contributed by atoms with E-state index in [0.29, 0.717) is 11.8 Å². The quantitative estimate of drug-likeness (QED) is 0.656. The maximum atomic E-state index is 12.7. The second kappa shape index (κ2) is 6.27. The first-order valence-electron chi connectivity index (χ1n) is 7.10. The van der Waals surface area contributed by atoms with Crippen LogP contribution in [0.15, 0.2) is 48.5 Å². The summed E-state index contributed by atoms with van der Waals surface area (Å²) in [6.07, 6.45) is -4.69. The van der Waals surface area contributed by atoms with Gasteiger partial charge in [-0.1, -0.05) is 30.3 Å². The Labute approximate surface area is 139 Å². The third kappa shape index (κ3) is 3.94. The number of nitrogens with two attached hydrogens (primary N) is 1. The molecule has 0 saturated heterocycles. The number of carbonyl (C=O) groups excluding carboxylic acids is 1. The molecular weight excluding hydrogens is 335 g/mol. The number of alkyl halides is 3. The molecule has 0 aliphatic carbocycles. The molecule has 0 spiro atoms. The first-order chi connectivity index (χ1) is 11.8. The SMILES string of the molecule is Nc1cc(C(F)(F)F)nc(NC(=O)Nc2ccc3ccccc3c2)n1. The average molecular weight is 347 g/mol. The van der Waals surface area contributed by atoms with Gasteiger partial charge in [0.05, 0.1) is 0 Å². The zero-order valence-electron chi connectivity index (χ0n) is 12.6. The van der Waals surface area contributed by atoms with Gasteiger partial charge in [-0.15, -0.1) is 0 Å². The van der Waals surface area contributed by atoms with Crippen molar-refractivity contribution in [3.63, 3.8) is 0 Å². The van der Waals surface area contributed by atoms with E-state index in [1.165, 1.54) is 0 Å². The standard InChI is InChI=1S/C16H12F3N5O/c17-16(18,19)12-8-13(20)23-14(22-12)24-15(25)21-11-6-5-9-3-1-2-4-10(9)7-11/h1-8H,(H4,20,21,22,23,24,25). The van der Waals surface area contributed by atoms with Crippen LogP contribution in [0, 0.1) is 0 Å². The smallest absolute Gasteiger partial charge is 0.384 e. The molecule has 0 atom stereocenters. The number of anilines is 3. The van der Waals surface area contributed by atoms with Crippen molar-refractivity contribution < 1.29 is 18.0 Å². The second-order valence-electron chi connectivity index (χ2n) is 5.14. The summed E-state index contributed by atoms with van der Waals surface area (Å²) < 4.78 is 38.1. The highest BCUT2D eigenvalue weighted by molar-refractivity contribution is 6.00. The van der Waals surface area contributed by atoms with Gasteiger partial charge in [0.2, 0.25) is 5.95 Å². The minimum Gasteiger partial charge on any atom is -0.384 e. The number of hydrogen-bond acceptors (Lipinski definition) is 4. The van der Waals surface area contributed by atoms with Gasteiger partial charge in [0.15, 0.2) is 5.69 Å². The number of carbonyl (C=O) groups is 1. The van der Waals surface area contributed by atoms with E-state index in [9.17, 15) is 18.0 Å². The summed E-state index contributed by atoms with van der Waals surface area (Å²) in [6.45, 7) is 0. The van der Waals surface area contributed by atoms with E-state index >= 15 is 0 Å². The number of nitrogens with zero attached hydrogens (tertiary/aromatic N) is 2. The van der Waals surface area contributed by atoms with Crippen LogP contribution in [-0.4, -0.2) is 16.0 Å². The molecule has 0 fully saturated rings. The summed E-state index contributed by atoms with van der Waals surface area (Å²) in [7, 11) is 0. The second-order valence-corrected chi connectivity index (χ2v) is 5.14. The van der Waals surface area contributed by atoms with Crippen LogP contribution in [-0.2, 0) is 6.18 Å². The lowest BCUT2D eigenvalue weighted by Crippen LogP contribution is -2.22. The molecule has 128 valence electrons. The lowest BCUT2D eigenvalue weighted by atomic mass is 10.1. The van der Waals surface area contributed by atoms with Crippen LogP contribution in [0.3, 0.4) is 0 Å². The molecule has 0 saturated carbocycles. The van der Waals surface area contributed by atoms with Crippen LogP contribution < -0.4 is 16.4 Å². The molecule has 1 aromatic heterocycles. The van der Waals surface area contributed by atoms with Crippen molar-refractivity contribution in [3.8, 4) is 0 Å². The van der Waals surface area contributed by atoms with Crippen LogP contribution in [0.2, 0.25) is 0 Å². The van der Waals surface area contributed by atoms with E-state index in [0.717, 1.165) is 10.8 Å². The molecule has 6 nitrogen and oxygen atoms in total. The van der Waals surface area contributed by atoms with Gasteiger partial charge in [-0.25, -0.2) is 9.78 Å². The van der Waals surface area contributed by atoms with Crippen molar-refractivity contribution in [1.29, 1.82) is 0 Å². The molecule has 0 radical (unpaired) electrons. The Morgan fingerprint density at radius 3 is 2.40 bits per heavy atom. The Hall–Kier alpha value is -3.36. The molecule has 1 heterocycles. The molecule has 4 N–H and O–H groups in total. The molecule has 0 aliphatic heterocycles. The number of aromatic nitrogens is 2. The van der Waals surface area contributed by atoms with Gasteiger partial charge < -0.3 is 11.1 Å². The summed E-state index contributed by atoms with van der Waals surface area (Å²) in [6, 6.07) is 12.5. The summed E-state index contributed by atoms with van der Waals surface area (Å²) in [5.41, 5.74) is 4.56. The molecule has 3 aromatic rings. The first kappa shape index (κ1) is 16.5. The Balaban J connectivity index is 1.76. The summed E-state index contributed by atoms with van der Waals surface area (Å²) in [5, 5.41) is 6.54. The van der Waals surface area contributed by atoms with Crippen LogP contribution >= 0.6 is 0 Å². The molecule has 0 aliphatic rings. The molecule has 2 amide bonds. The van der Waals surface area contributed by atoms with Gasteiger partial charge in [-0.05, 0) is 22.9 Å². The number of benzene rings is 2. The summed E-state index contributed by atoms with van der Waals surface area (Å²) in [4.78, 5) is 18.8. The van der Waals surface area contributed by atoms with E-state index < -0.39 is 29.7 Å². The van der Waals surface area contributed by atoms with Crippen LogP contribution in [0.5, 0.6) is 0 Å². The van der Waals surface area contributed by atoms with E-state index in [1.807, 2.05) is 30.3 Å². The number of amides is 2. The zero-order valence-corrected chi connectivity index (χ0v) is 12.6. The largest absolute Gasteiger partial charge is 0.433 e. The Bertz CT molecular complexity index is 942. The summed E-state index contributed by atoms with van der Waals surface area (Å²) in [5.74, 6) is -0.936. The average Bonchev–Trinajstić information content (AvgIpc) is 2.53. The van der Waals surface area contributed by atoms with Gasteiger partial charge >= 0.3 is 12.2 Å². The minimum atomic E-state index is -4.69. The highest BCUT2D eigenvalue weighted by Crippen LogP contribution is 2.29. The highest BCUT2D eigenvalue weighted by Gasteiger charge is 2.33. The number of nitrogen functional groups attached to an aromatic ring is 1. The van der Waals surface area contributed by atoms with Crippen molar-refractivity contribution in [1.82, 2.24) is 9.97 Å². The molecule has 3 rings (SSSR count). The minimum absolute atomic E-state index is 0.400. The topological polar surface area (TPSA) is 92.9 Å². The lowest BCUT2D eigenvalue weighted by molar-refractivity contribution is -0.141. The van der Waals surface area contributed by atoms with Crippen LogP contribution in [0.25, 0.3) is 10.8 Å². The maximum absolute atomic E-state index is 12.7. The number of hydrogen-bond donors (Lipinski definition) is 3. The van der Waals surface area contributed by atoms with Crippen molar-refractivity contribution in [2.45, 2.75) is 6.18 Å². The lowest BCUT2D eigenvalue weighted by Gasteiger charge is -2.10. The molecule has 25 heavy (non-hydrogen) atoms. The van der Waals surface area contributed by atoms with Crippen molar-refractivity contribution in [2.75, 3.05) is 16.4 Å². The van der Waals surface area contributed by atoms with Crippen LogP contribution in [0.1, 0.15) is 5.69 Å². The third-order valence-electron chi connectivity index (χ3n) is 3.27. The fraction of sp³-hybridized carbons (Fsp3) is 0.0625. The van der Waals surface area contributed by atoms with E-state index in [1.54, 1.807) is 12.1 Å². The van der Waals surface area contributed by atoms with Gasteiger partial charge in [0.25, 0.3) is 0 Å². The van der Waals surface area contributed by atoms with Crippen molar-refractivity contribution >= 4 is 34.3 Å². The van der Waals surface area contributed by atoms with Crippen LogP contribution in [0.4, 0.5) is 35.4 Å². The summed E-state index contributed by atoms with van der Waals surface area (Å²) >= 11 is 0. The van der Waals surface area contributed by atoms with E-state index in [2.05, 4.69) is 20.6 Å². The number of urea groups is 1. The zero-order chi connectivity index (χ0) is 18.0. The van der Waals surface area contributed by atoms with E-state index in [-0.39, 0.29) is 0 Å². The normalized spacial score (nSPS) is 11.3. The Morgan fingerprint density at radius 2 is 1.68 bits per heavy atom. The van der Waals surface area contributed by atoms with Gasteiger partial charge in [-0.2, -0.15) is 18.2 Å². The number of rotatable bonds is 2.